The summed E-state index contributed by atoms with van der Waals surface area (Å²) < 4.78 is 5.77. The second kappa shape index (κ2) is 9.78. The third-order valence-corrected chi connectivity index (χ3v) is 4.07. The summed E-state index contributed by atoms with van der Waals surface area (Å²) in [6.07, 6.45) is 2.06. The number of unbranched alkanes of at least 4 members (excludes halogenated alkanes) is 1. The molecule has 5 heteroatoms. The van der Waals surface area contributed by atoms with Crippen LogP contribution in [-0.4, -0.2) is 42.6 Å². The number of hydrogen-bond donors (Lipinski definition) is 1. The van der Waals surface area contributed by atoms with Gasteiger partial charge in [0.15, 0.2) is 5.60 Å². The van der Waals surface area contributed by atoms with Crippen molar-refractivity contribution < 1.29 is 9.53 Å². The summed E-state index contributed by atoms with van der Waals surface area (Å²) in [6.45, 7) is 11.8. The molecule has 0 bridgehead atoms. The largest absolute Gasteiger partial charge is 0.478 e. The predicted octanol–water partition coefficient (Wildman–Crippen LogP) is 3.74. The average Bonchev–Trinajstić information content (AvgIpc) is 2.52. The van der Waals surface area contributed by atoms with Gasteiger partial charge < -0.3 is 15.0 Å². The first-order valence-electron chi connectivity index (χ1n) is 8.34. The van der Waals surface area contributed by atoms with E-state index in [0.717, 1.165) is 32.5 Å². The number of halogens is 1. The number of nitrogens with zero attached hydrogens (tertiary/aromatic N) is 1. The highest BCUT2D eigenvalue weighted by Crippen LogP contribution is 2.20. The SMILES string of the molecule is CCN(CC)CCCCNC(=O)C(C)(C)Oc1ccc(Cl)cc1. The van der Waals surface area contributed by atoms with E-state index in [2.05, 4.69) is 24.1 Å². The van der Waals surface area contributed by atoms with Crippen LogP contribution < -0.4 is 10.1 Å². The number of hydrogen-bond acceptors (Lipinski definition) is 3. The molecule has 0 radical (unpaired) electrons. The van der Waals surface area contributed by atoms with E-state index in [4.69, 9.17) is 16.3 Å². The first-order chi connectivity index (χ1) is 10.9. The molecule has 4 nitrogen and oxygen atoms in total. The Hall–Kier alpha value is -1.26. The van der Waals surface area contributed by atoms with Crippen molar-refractivity contribution in [2.24, 2.45) is 0 Å². The normalized spacial score (nSPS) is 11.6. The fraction of sp³-hybridized carbons (Fsp3) is 0.611. The summed E-state index contributed by atoms with van der Waals surface area (Å²) in [6, 6.07) is 7.03. The van der Waals surface area contributed by atoms with Crippen LogP contribution in [0.2, 0.25) is 5.02 Å². The zero-order valence-corrected chi connectivity index (χ0v) is 15.4. The van der Waals surface area contributed by atoms with Crippen molar-refractivity contribution in [2.75, 3.05) is 26.2 Å². The minimum absolute atomic E-state index is 0.102. The molecule has 130 valence electrons. The van der Waals surface area contributed by atoms with E-state index >= 15 is 0 Å². The number of ether oxygens (including phenoxy) is 1. The molecule has 23 heavy (non-hydrogen) atoms. The molecule has 1 aromatic rings. The molecule has 1 rings (SSSR count). The summed E-state index contributed by atoms with van der Waals surface area (Å²) >= 11 is 5.85. The van der Waals surface area contributed by atoms with Crippen LogP contribution in [0.4, 0.5) is 0 Å². The fourth-order valence-electron chi connectivity index (χ4n) is 2.26. The van der Waals surface area contributed by atoms with E-state index in [1.54, 1.807) is 38.1 Å². The number of carbonyl (C=O) groups is 1. The second-order valence-electron chi connectivity index (χ2n) is 6.06. The first-order valence-corrected chi connectivity index (χ1v) is 8.72. The lowest BCUT2D eigenvalue weighted by molar-refractivity contribution is -0.134. The first kappa shape index (κ1) is 19.8. The minimum atomic E-state index is -0.910. The standard InChI is InChI=1S/C18H29ClN2O2/c1-5-21(6-2)14-8-7-13-20-17(22)18(3,4)23-16-11-9-15(19)10-12-16/h9-12H,5-8,13-14H2,1-4H3,(H,20,22). The van der Waals surface area contributed by atoms with Crippen LogP contribution in [-0.2, 0) is 4.79 Å². The molecular formula is C18H29ClN2O2. The molecule has 0 aromatic heterocycles. The van der Waals surface area contributed by atoms with Crippen molar-refractivity contribution in [3.63, 3.8) is 0 Å². The van der Waals surface area contributed by atoms with Crippen LogP contribution in [0.1, 0.15) is 40.5 Å². The molecular weight excluding hydrogens is 312 g/mol. The molecule has 0 unspecified atom stereocenters. The monoisotopic (exact) mass is 340 g/mol. The lowest BCUT2D eigenvalue weighted by Crippen LogP contribution is -2.46. The topological polar surface area (TPSA) is 41.6 Å². The maximum atomic E-state index is 12.3. The van der Waals surface area contributed by atoms with E-state index in [9.17, 15) is 4.79 Å². The Kier molecular flexibility index (Phi) is 8.42. The van der Waals surface area contributed by atoms with Crippen LogP contribution in [0, 0.1) is 0 Å². The molecule has 0 fully saturated rings. The van der Waals surface area contributed by atoms with Crippen molar-refractivity contribution in [1.29, 1.82) is 0 Å². The van der Waals surface area contributed by atoms with E-state index < -0.39 is 5.60 Å². The van der Waals surface area contributed by atoms with Crippen LogP contribution in [0.3, 0.4) is 0 Å². The second-order valence-corrected chi connectivity index (χ2v) is 6.49. The van der Waals surface area contributed by atoms with Gasteiger partial charge in [-0.3, -0.25) is 4.79 Å². The molecule has 0 spiro atoms. The maximum absolute atomic E-state index is 12.3. The maximum Gasteiger partial charge on any atom is 0.263 e. The van der Waals surface area contributed by atoms with Gasteiger partial charge in [0.05, 0.1) is 0 Å². The Morgan fingerprint density at radius 3 is 2.35 bits per heavy atom. The van der Waals surface area contributed by atoms with Gasteiger partial charge in [-0.05, 0) is 70.6 Å². The Bertz CT molecular complexity index is 470. The summed E-state index contributed by atoms with van der Waals surface area (Å²) in [5, 5.41) is 3.60. The quantitative estimate of drug-likeness (QED) is 0.660. The third kappa shape index (κ3) is 7.23. The van der Waals surface area contributed by atoms with Gasteiger partial charge >= 0.3 is 0 Å². The highest BCUT2D eigenvalue weighted by molar-refractivity contribution is 6.30. The Morgan fingerprint density at radius 2 is 1.78 bits per heavy atom. The molecule has 0 aliphatic heterocycles. The van der Waals surface area contributed by atoms with Gasteiger partial charge in [0, 0.05) is 11.6 Å². The molecule has 1 amide bonds. The van der Waals surface area contributed by atoms with Crippen molar-refractivity contribution in [3.8, 4) is 5.75 Å². The van der Waals surface area contributed by atoms with E-state index in [1.807, 2.05) is 0 Å². The average molecular weight is 341 g/mol. The molecule has 1 aromatic carbocycles. The zero-order valence-electron chi connectivity index (χ0n) is 14.7. The van der Waals surface area contributed by atoms with Gasteiger partial charge in [0.2, 0.25) is 0 Å². The highest BCUT2D eigenvalue weighted by atomic mass is 35.5. The van der Waals surface area contributed by atoms with Crippen LogP contribution in [0.25, 0.3) is 0 Å². The number of carbonyl (C=O) groups excluding carboxylic acids is 1. The highest BCUT2D eigenvalue weighted by Gasteiger charge is 2.29. The van der Waals surface area contributed by atoms with Crippen molar-refractivity contribution in [1.82, 2.24) is 10.2 Å². The van der Waals surface area contributed by atoms with Gasteiger partial charge in [-0.1, -0.05) is 25.4 Å². The summed E-state index contributed by atoms with van der Waals surface area (Å²) in [5.41, 5.74) is -0.910. The van der Waals surface area contributed by atoms with Crippen molar-refractivity contribution >= 4 is 17.5 Å². The zero-order chi connectivity index (χ0) is 17.3. The van der Waals surface area contributed by atoms with Gasteiger partial charge in [0.25, 0.3) is 5.91 Å². The lowest BCUT2D eigenvalue weighted by atomic mass is 10.1. The lowest BCUT2D eigenvalue weighted by Gasteiger charge is -2.25. The molecule has 0 saturated heterocycles. The molecule has 0 heterocycles. The number of amides is 1. The van der Waals surface area contributed by atoms with Crippen molar-refractivity contribution in [3.05, 3.63) is 29.3 Å². The fourth-order valence-corrected chi connectivity index (χ4v) is 2.38. The Labute approximate surface area is 145 Å². The molecule has 0 atom stereocenters. The smallest absolute Gasteiger partial charge is 0.263 e. The molecule has 0 aliphatic rings. The van der Waals surface area contributed by atoms with E-state index in [1.165, 1.54) is 0 Å². The van der Waals surface area contributed by atoms with Crippen LogP contribution >= 0.6 is 11.6 Å². The van der Waals surface area contributed by atoms with E-state index in [-0.39, 0.29) is 5.91 Å². The molecule has 1 N–H and O–H groups in total. The van der Waals surface area contributed by atoms with Gasteiger partial charge in [-0.15, -0.1) is 0 Å². The van der Waals surface area contributed by atoms with Gasteiger partial charge in [-0.25, -0.2) is 0 Å². The van der Waals surface area contributed by atoms with E-state index in [0.29, 0.717) is 17.3 Å². The summed E-state index contributed by atoms with van der Waals surface area (Å²) in [5.74, 6) is 0.534. The summed E-state index contributed by atoms with van der Waals surface area (Å²) in [7, 11) is 0. The van der Waals surface area contributed by atoms with Crippen LogP contribution in [0.5, 0.6) is 5.75 Å². The molecule has 0 saturated carbocycles. The van der Waals surface area contributed by atoms with Gasteiger partial charge in [-0.2, -0.15) is 0 Å². The number of benzene rings is 1. The number of rotatable bonds is 10. The molecule has 0 aliphatic carbocycles. The summed E-state index contributed by atoms with van der Waals surface area (Å²) in [4.78, 5) is 14.7. The van der Waals surface area contributed by atoms with Gasteiger partial charge in [0.1, 0.15) is 5.75 Å². The Morgan fingerprint density at radius 1 is 1.17 bits per heavy atom. The van der Waals surface area contributed by atoms with Crippen LogP contribution in [0.15, 0.2) is 24.3 Å². The number of nitrogens with one attached hydrogen (secondary N) is 1. The predicted molar refractivity (Wildman–Crippen MR) is 96.2 cm³/mol. The Balaban J connectivity index is 2.33. The van der Waals surface area contributed by atoms with Crippen molar-refractivity contribution in [2.45, 2.75) is 46.1 Å². The third-order valence-electron chi connectivity index (χ3n) is 3.81. The minimum Gasteiger partial charge on any atom is -0.478 e.